The highest BCUT2D eigenvalue weighted by atomic mass is 35.5. The molecule has 110 valence electrons. The maximum absolute atomic E-state index is 12.2. The van der Waals surface area contributed by atoms with Crippen molar-refractivity contribution >= 4 is 17.5 Å². The average molecular weight is 306 g/mol. The molecule has 0 unspecified atom stereocenters. The highest BCUT2D eigenvalue weighted by Crippen LogP contribution is 2.19. The number of nitrogens with zero attached hydrogens (tertiary/aromatic N) is 3. The third-order valence-corrected chi connectivity index (χ3v) is 3.21. The fraction of sp³-hybridized carbons (Fsp3) is 0.267. The SMILES string of the molecule is Cc1cc(C(=O)N(C)CCO)nc(-c2ccc(Cl)cc2)n1. The van der Waals surface area contributed by atoms with Crippen LogP contribution in [0.4, 0.5) is 0 Å². The average Bonchev–Trinajstić information content (AvgIpc) is 2.46. The predicted octanol–water partition coefficient (Wildman–Crippen LogP) is 2.17. The molecule has 0 aliphatic rings. The molecule has 0 radical (unpaired) electrons. The minimum Gasteiger partial charge on any atom is -0.395 e. The molecular formula is C15H16ClN3O2. The lowest BCUT2D eigenvalue weighted by Gasteiger charge is -2.15. The Balaban J connectivity index is 2.37. The van der Waals surface area contributed by atoms with E-state index in [0.29, 0.717) is 22.2 Å². The van der Waals surface area contributed by atoms with E-state index in [0.717, 1.165) is 5.56 Å². The molecular weight excluding hydrogens is 290 g/mol. The van der Waals surface area contributed by atoms with Crippen LogP contribution in [0.1, 0.15) is 16.2 Å². The first-order valence-electron chi connectivity index (χ1n) is 6.49. The highest BCUT2D eigenvalue weighted by molar-refractivity contribution is 6.30. The molecule has 21 heavy (non-hydrogen) atoms. The van der Waals surface area contributed by atoms with Gasteiger partial charge in [-0.05, 0) is 37.3 Å². The third-order valence-electron chi connectivity index (χ3n) is 2.96. The van der Waals surface area contributed by atoms with Crippen molar-refractivity contribution in [3.8, 4) is 11.4 Å². The van der Waals surface area contributed by atoms with E-state index in [1.54, 1.807) is 25.2 Å². The zero-order valence-corrected chi connectivity index (χ0v) is 12.6. The second-order valence-corrected chi connectivity index (χ2v) is 5.11. The summed E-state index contributed by atoms with van der Waals surface area (Å²) in [6.07, 6.45) is 0. The molecule has 0 fully saturated rings. The monoisotopic (exact) mass is 305 g/mol. The lowest BCUT2D eigenvalue weighted by molar-refractivity contribution is 0.0761. The van der Waals surface area contributed by atoms with Gasteiger partial charge in [-0.25, -0.2) is 9.97 Å². The Morgan fingerprint density at radius 3 is 2.57 bits per heavy atom. The first kappa shape index (κ1) is 15.4. The molecule has 0 spiro atoms. The molecule has 0 aliphatic heterocycles. The molecule has 0 aliphatic carbocycles. The molecule has 0 saturated heterocycles. The van der Waals surface area contributed by atoms with E-state index in [9.17, 15) is 4.79 Å². The van der Waals surface area contributed by atoms with Crippen LogP contribution in [0.25, 0.3) is 11.4 Å². The Morgan fingerprint density at radius 2 is 1.95 bits per heavy atom. The topological polar surface area (TPSA) is 66.3 Å². The van der Waals surface area contributed by atoms with Gasteiger partial charge < -0.3 is 10.0 Å². The zero-order chi connectivity index (χ0) is 15.4. The van der Waals surface area contributed by atoms with Crippen molar-refractivity contribution in [2.24, 2.45) is 0 Å². The van der Waals surface area contributed by atoms with Gasteiger partial charge in [0.25, 0.3) is 5.91 Å². The summed E-state index contributed by atoms with van der Waals surface area (Å²) in [7, 11) is 1.62. The van der Waals surface area contributed by atoms with Crippen molar-refractivity contribution in [3.05, 3.63) is 46.7 Å². The van der Waals surface area contributed by atoms with E-state index in [1.807, 2.05) is 19.1 Å². The van der Waals surface area contributed by atoms with E-state index >= 15 is 0 Å². The Bertz CT molecular complexity index is 644. The van der Waals surface area contributed by atoms with Gasteiger partial charge in [-0.1, -0.05) is 11.6 Å². The normalized spacial score (nSPS) is 10.5. The van der Waals surface area contributed by atoms with Crippen LogP contribution in [0.2, 0.25) is 5.02 Å². The van der Waals surface area contributed by atoms with Gasteiger partial charge in [-0.2, -0.15) is 0 Å². The number of amides is 1. The number of carbonyl (C=O) groups is 1. The number of aliphatic hydroxyl groups is 1. The lowest BCUT2D eigenvalue weighted by atomic mass is 10.2. The maximum atomic E-state index is 12.2. The molecule has 1 aromatic carbocycles. The Hall–Kier alpha value is -1.98. The van der Waals surface area contributed by atoms with Gasteiger partial charge in [-0.15, -0.1) is 0 Å². The largest absolute Gasteiger partial charge is 0.395 e. The van der Waals surface area contributed by atoms with Gasteiger partial charge in [0.1, 0.15) is 5.69 Å². The first-order chi connectivity index (χ1) is 10.0. The summed E-state index contributed by atoms with van der Waals surface area (Å²) in [5, 5.41) is 9.54. The number of aliphatic hydroxyl groups excluding tert-OH is 1. The molecule has 0 bridgehead atoms. The maximum Gasteiger partial charge on any atom is 0.272 e. The Kier molecular flexibility index (Phi) is 4.88. The molecule has 1 heterocycles. The molecule has 2 rings (SSSR count). The van der Waals surface area contributed by atoms with Crippen LogP contribution < -0.4 is 0 Å². The van der Waals surface area contributed by atoms with Gasteiger partial charge in [0, 0.05) is 29.9 Å². The van der Waals surface area contributed by atoms with Crippen LogP contribution in [0.15, 0.2) is 30.3 Å². The third kappa shape index (κ3) is 3.77. The number of aromatic nitrogens is 2. The summed E-state index contributed by atoms with van der Waals surface area (Å²) < 4.78 is 0. The van der Waals surface area contributed by atoms with Crippen LogP contribution in [0.3, 0.4) is 0 Å². The minimum absolute atomic E-state index is 0.0870. The fourth-order valence-corrected chi connectivity index (χ4v) is 1.98. The van der Waals surface area contributed by atoms with E-state index < -0.39 is 0 Å². The molecule has 0 saturated carbocycles. The van der Waals surface area contributed by atoms with Gasteiger partial charge in [-0.3, -0.25) is 4.79 Å². The lowest BCUT2D eigenvalue weighted by Crippen LogP contribution is -2.30. The number of rotatable bonds is 4. The smallest absolute Gasteiger partial charge is 0.272 e. The van der Waals surface area contributed by atoms with Gasteiger partial charge in [0.2, 0.25) is 0 Å². The van der Waals surface area contributed by atoms with Gasteiger partial charge in [0.15, 0.2) is 5.82 Å². The van der Waals surface area contributed by atoms with Crippen LogP contribution in [-0.4, -0.2) is 46.1 Å². The van der Waals surface area contributed by atoms with E-state index in [2.05, 4.69) is 9.97 Å². The number of benzene rings is 1. The molecule has 6 heteroatoms. The van der Waals surface area contributed by atoms with E-state index in [4.69, 9.17) is 16.7 Å². The summed E-state index contributed by atoms with van der Waals surface area (Å²) in [6, 6.07) is 8.76. The van der Waals surface area contributed by atoms with Crippen molar-refractivity contribution in [1.29, 1.82) is 0 Å². The molecule has 1 amide bonds. The quantitative estimate of drug-likeness (QED) is 0.940. The minimum atomic E-state index is -0.246. The van der Waals surface area contributed by atoms with Crippen molar-refractivity contribution in [1.82, 2.24) is 14.9 Å². The fourth-order valence-electron chi connectivity index (χ4n) is 1.85. The van der Waals surface area contributed by atoms with Crippen molar-refractivity contribution < 1.29 is 9.90 Å². The number of aryl methyl sites for hydroxylation is 1. The predicted molar refractivity (Wildman–Crippen MR) is 81.3 cm³/mol. The standard InChI is InChI=1S/C15H16ClN3O2/c1-10-9-13(15(21)19(2)7-8-20)18-14(17-10)11-3-5-12(16)6-4-11/h3-6,9,20H,7-8H2,1-2H3. The van der Waals surface area contributed by atoms with Crippen LogP contribution in [0.5, 0.6) is 0 Å². The summed E-state index contributed by atoms with van der Waals surface area (Å²) in [4.78, 5) is 22.3. The first-order valence-corrected chi connectivity index (χ1v) is 6.87. The van der Waals surface area contributed by atoms with Gasteiger partial charge >= 0.3 is 0 Å². The number of carbonyl (C=O) groups excluding carboxylic acids is 1. The highest BCUT2D eigenvalue weighted by Gasteiger charge is 2.15. The van der Waals surface area contributed by atoms with Crippen molar-refractivity contribution in [2.75, 3.05) is 20.2 Å². The molecule has 1 N–H and O–H groups in total. The van der Waals surface area contributed by atoms with Crippen molar-refractivity contribution in [3.63, 3.8) is 0 Å². The summed E-state index contributed by atoms with van der Waals surface area (Å²) in [5.41, 5.74) is 1.81. The Morgan fingerprint density at radius 1 is 1.29 bits per heavy atom. The molecule has 5 nitrogen and oxygen atoms in total. The Labute approximate surface area is 128 Å². The van der Waals surface area contributed by atoms with Crippen LogP contribution in [-0.2, 0) is 0 Å². The number of hydrogen-bond acceptors (Lipinski definition) is 4. The molecule has 2 aromatic rings. The summed E-state index contributed by atoms with van der Waals surface area (Å²) in [5.74, 6) is 0.233. The van der Waals surface area contributed by atoms with Gasteiger partial charge in [0.05, 0.1) is 6.61 Å². The van der Waals surface area contributed by atoms with E-state index in [1.165, 1.54) is 4.90 Å². The van der Waals surface area contributed by atoms with Crippen LogP contribution in [0, 0.1) is 6.92 Å². The molecule has 1 aromatic heterocycles. The van der Waals surface area contributed by atoms with Crippen LogP contribution >= 0.6 is 11.6 Å². The zero-order valence-electron chi connectivity index (χ0n) is 11.9. The number of hydrogen-bond donors (Lipinski definition) is 1. The second-order valence-electron chi connectivity index (χ2n) is 4.68. The summed E-state index contributed by atoms with van der Waals surface area (Å²) in [6.45, 7) is 1.98. The number of halogens is 1. The second kappa shape index (κ2) is 6.65. The molecule has 0 atom stereocenters. The van der Waals surface area contributed by atoms with Crippen molar-refractivity contribution in [2.45, 2.75) is 6.92 Å². The number of likely N-dealkylation sites (N-methyl/N-ethyl adjacent to an activating group) is 1. The summed E-state index contributed by atoms with van der Waals surface area (Å²) >= 11 is 5.86. The van der Waals surface area contributed by atoms with E-state index in [-0.39, 0.29) is 19.1 Å².